The predicted molar refractivity (Wildman–Crippen MR) is 85.7 cm³/mol. The van der Waals surface area contributed by atoms with Crippen molar-refractivity contribution in [2.45, 2.75) is 78.2 Å². The van der Waals surface area contributed by atoms with E-state index in [1.54, 1.807) is 0 Å². The van der Waals surface area contributed by atoms with Crippen molar-refractivity contribution < 1.29 is 0 Å². The van der Waals surface area contributed by atoms with Gasteiger partial charge in [-0.05, 0) is 57.7 Å². The lowest BCUT2D eigenvalue weighted by Crippen LogP contribution is -2.40. The van der Waals surface area contributed by atoms with Crippen molar-refractivity contribution in [1.82, 2.24) is 10.2 Å². The summed E-state index contributed by atoms with van der Waals surface area (Å²) in [5.74, 6) is 0.903. The quantitative estimate of drug-likeness (QED) is 0.608. The maximum absolute atomic E-state index is 3.77. The molecule has 1 N–H and O–H groups in total. The molecule has 0 aromatic rings. The van der Waals surface area contributed by atoms with Gasteiger partial charge in [0, 0.05) is 12.6 Å². The Bertz CT molecular complexity index is 197. The summed E-state index contributed by atoms with van der Waals surface area (Å²) in [6.07, 6.45) is 10.9. The highest BCUT2D eigenvalue weighted by atomic mass is 15.1. The zero-order chi connectivity index (χ0) is 13.9. The summed E-state index contributed by atoms with van der Waals surface area (Å²) in [4.78, 5) is 2.74. The second kappa shape index (κ2) is 10.7. The van der Waals surface area contributed by atoms with Gasteiger partial charge in [-0.2, -0.15) is 0 Å². The molecule has 1 saturated carbocycles. The molecule has 0 aromatic heterocycles. The van der Waals surface area contributed by atoms with Gasteiger partial charge in [0.25, 0.3) is 0 Å². The fraction of sp³-hybridized carbons (Fsp3) is 1.00. The van der Waals surface area contributed by atoms with Crippen LogP contribution in [0.5, 0.6) is 0 Å². The van der Waals surface area contributed by atoms with Gasteiger partial charge in [-0.1, -0.05) is 40.0 Å². The molecule has 19 heavy (non-hydrogen) atoms. The minimum Gasteiger partial charge on any atom is -0.314 e. The number of unbranched alkanes of at least 4 members (excludes halogenated alkanes) is 2. The molecular weight excluding hydrogens is 232 g/mol. The van der Waals surface area contributed by atoms with Crippen molar-refractivity contribution in [2.75, 3.05) is 26.2 Å². The van der Waals surface area contributed by atoms with E-state index in [0.29, 0.717) is 0 Å². The Morgan fingerprint density at radius 1 is 0.947 bits per heavy atom. The van der Waals surface area contributed by atoms with Crippen LogP contribution in [0, 0.1) is 5.92 Å². The smallest absolute Gasteiger partial charge is 0.0107 e. The molecular formula is C17H36N2. The van der Waals surface area contributed by atoms with Crippen molar-refractivity contribution in [3.8, 4) is 0 Å². The Labute approximate surface area is 121 Å². The summed E-state index contributed by atoms with van der Waals surface area (Å²) in [6.45, 7) is 12.0. The lowest BCUT2D eigenvalue weighted by atomic mass is 10.0. The average molecular weight is 268 g/mol. The number of hydrogen-bond acceptors (Lipinski definition) is 2. The predicted octanol–water partition coefficient (Wildman–Crippen LogP) is 4.06. The molecule has 0 amide bonds. The van der Waals surface area contributed by atoms with Gasteiger partial charge in [-0.15, -0.1) is 0 Å². The zero-order valence-electron chi connectivity index (χ0n) is 13.6. The fourth-order valence-electron chi connectivity index (χ4n) is 3.24. The molecule has 0 heterocycles. The molecule has 114 valence electrons. The first-order valence-electron chi connectivity index (χ1n) is 8.77. The fourth-order valence-corrected chi connectivity index (χ4v) is 3.24. The molecule has 1 aliphatic rings. The van der Waals surface area contributed by atoms with Crippen LogP contribution >= 0.6 is 0 Å². The molecule has 0 saturated heterocycles. The van der Waals surface area contributed by atoms with Crippen LogP contribution in [0.3, 0.4) is 0 Å². The van der Waals surface area contributed by atoms with E-state index in [-0.39, 0.29) is 0 Å². The van der Waals surface area contributed by atoms with E-state index in [2.05, 4.69) is 31.0 Å². The Hall–Kier alpha value is -0.0800. The van der Waals surface area contributed by atoms with Gasteiger partial charge < -0.3 is 10.2 Å². The Morgan fingerprint density at radius 3 is 2.21 bits per heavy atom. The van der Waals surface area contributed by atoms with Gasteiger partial charge in [0.1, 0.15) is 0 Å². The van der Waals surface area contributed by atoms with Gasteiger partial charge in [0.15, 0.2) is 0 Å². The second-order valence-electron chi connectivity index (χ2n) is 6.26. The molecule has 2 heteroatoms. The van der Waals surface area contributed by atoms with E-state index >= 15 is 0 Å². The van der Waals surface area contributed by atoms with Crippen LogP contribution in [-0.2, 0) is 0 Å². The summed E-state index contributed by atoms with van der Waals surface area (Å²) < 4.78 is 0. The maximum atomic E-state index is 3.77. The van der Waals surface area contributed by atoms with Gasteiger partial charge in [0.05, 0.1) is 0 Å². The molecule has 2 unspecified atom stereocenters. The standard InChI is InChI=1S/C17H36N2/c1-4-7-13-19(14-8-5-2)15-16-10-9-11-17(16)18-12-6-3/h16-18H,4-15H2,1-3H3. The van der Waals surface area contributed by atoms with Gasteiger partial charge in [-0.25, -0.2) is 0 Å². The topological polar surface area (TPSA) is 15.3 Å². The molecule has 1 fully saturated rings. The van der Waals surface area contributed by atoms with Crippen LogP contribution in [0.15, 0.2) is 0 Å². The minimum absolute atomic E-state index is 0.797. The number of nitrogens with one attached hydrogen (secondary N) is 1. The van der Waals surface area contributed by atoms with E-state index in [1.165, 1.54) is 77.5 Å². The number of hydrogen-bond donors (Lipinski definition) is 1. The monoisotopic (exact) mass is 268 g/mol. The van der Waals surface area contributed by atoms with Crippen LogP contribution in [0.2, 0.25) is 0 Å². The molecule has 0 aromatic carbocycles. The van der Waals surface area contributed by atoms with E-state index in [9.17, 15) is 0 Å². The first kappa shape index (κ1) is 17.0. The molecule has 0 radical (unpaired) electrons. The molecule has 2 atom stereocenters. The van der Waals surface area contributed by atoms with Crippen LogP contribution in [0.4, 0.5) is 0 Å². The third-order valence-corrected chi connectivity index (χ3v) is 4.46. The van der Waals surface area contributed by atoms with E-state index in [1.807, 2.05) is 0 Å². The Balaban J connectivity index is 2.36. The number of nitrogens with zero attached hydrogens (tertiary/aromatic N) is 1. The van der Waals surface area contributed by atoms with Crippen molar-refractivity contribution in [3.63, 3.8) is 0 Å². The van der Waals surface area contributed by atoms with Crippen molar-refractivity contribution in [2.24, 2.45) is 5.92 Å². The van der Waals surface area contributed by atoms with Crippen molar-refractivity contribution in [3.05, 3.63) is 0 Å². The largest absolute Gasteiger partial charge is 0.314 e. The average Bonchev–Trinajstić information content (AvgIpc) is 2.86. The molecule has 2 nitrogen and oxygen atoms in total. The molecule has 1 aliphatic carbocycles. The highest BCUT2D eigenvalue weighted by Gasteiger charge is 2.27. The first-order valence-corrected chi connectivity index (χ1v) is 8.77. The summed E-state index contributed by atoms with van der Waals surface area (Å²) in [5, 5.41) is 3.77. The SMILES string of the molecule is CCCCN(CCCC)CC1CCCC1NCCC. The van der Waals surface area contributed by atoms with Gasteiger partial charge >= 0.3 is 0 Å². The lowest BCUT2D eigenvalue weighted by molar-refractivity contribution is 0.208. The summed E-state index contributed by atoms with van der Waals surface area (Å²) in [5.41, 5.74) is 0. The summed E-state index contributed by atoms with van der Waals surface area (Å²) in [6, 6.07) is 0.797. The van der Waals surface area contributed by atoms with Crippen LogP contribution in [0.25, 0.3) is 0 Å². The Kier molecular flexibility index (Phi) is 9.54. The summed E-state index contributed by atoms with van der Waals surface area (Å²) >= 11 is 0. The maximum Gasteiger partial charge on any atom is 0.0107 e. The Morgan fingerprint density at radius 2 is 1.63 bits per heavy atom. The lowest BCUT2D eigenvalue weighted by Gasteiger charge is -2.29. The minimum atomic E-state index is 0.797. The molecule has 1 rings (SSSR count). The molecule has 0 spiro atoms. The van der Waals surface area contributed by atoms with E-state index < -0.39 is 0 Å². The van der Waals surface area contributed by atoms with Gasteiger partial charge in [0.2, 0.25) is 0 Å². The highest BCUT2D eigenvalue weighted by molar-refractivity contribution is 4.85. The van der Waals surface area contributed by atoms with E-state index in [4.69, 9.17) is 0 Å². The summed E-state index contributed by atoms with van der Waals surface area (Å²) in [7, 11) is 0. The third kappa shape index (κ3) is 6.76. The number of rotatable bonds is 11. The molecule has 0 aliphatic heterocycles. The van der Waals surface area contributed by atoms with Crippen LogP contribution in [-0.4, -0.2) is 37.1 Å². The normalized spacial score (nSPS) is 23.4. The third-order valence-electron chi connectivity index (χ3n) is 4.46. The van der Waals surface area contributed by atoms with Crippen molar-refractivity contribution in [1.29, 1.82) is 0 Å². The van der Waals surface area contributed by atoms with E-state index in [0.717, 1.165) is 12.0 Å². The zero-order valence-corrected chi connectivity index (χ0v) is 13.6. The molecule has 0 bridgehead atoms. The van der Waals surface area contributed by atoms with Crippen molar-refractivity contribution >= 4 is 0 Å². The van der Waals surface area contributed by atoms with Crippen LogP contribution in [0.1, 0.15) is 72.1 Å². The highest BCUT2D eigenvalue weighted by Crippen LogP contribution is 2.26. The van der Waals surface area contributed by atoms with Crippen LogP contribution < -0.4 is 5.32 Å². The van der Waals surface area contributed by atoms with Gasteiger partial charge in [-0.3, -0.25) is 0 Å². The second-order valence-corrected chi connectivity index (χ2v) is 6.26. The first-order chi connectivity index (χ1) is 9.31.